The third kappa shape index (κ3) is 3.14. The van der Waals surface area contributed by atoms with Crippen LogP contribution in [-0.4, -0.2) is 19.7 Å². The Morgan fingerprint density at radius 3 is 2.42 bits per heavy atom. The first kappa shape index (κ1) is 13.2. The lowest BCUT2D eigenvalue weighted by Gasteiger charge is -2.07. The molecule has 98 valence electrons. The number of hydrogen-bond acceptors (Lipinski definition) is 4. The normalized spacial score (nSPS) is 11.0. The number of benzene rings is 1. The van der Waals surface area contributed by atoms with Crippen LogP contribution in [-0.2, 0) is 10.0 Å². The van der Waals surface area contributed by atoms with E-state index >= 15 is 0 Å². The van der Waals surface area contributed by atoms with E-state index in [9.17, 15) is 17.6 Å². The summed E-state index contributed by atoms with van der Waals surface area (Å²) in [4.78, 5) is 13.7. The Morgan fingerprint density at radius 1 is 1.16 bits per heavy atom. The summed E-state index contributed by atoms with van der Waals surface area (Å²) in [6, 6.07) is 6.68. The summed E-state index contributed by atoms with van der Waals surface area (Å²) in [5, 5.41) is 0. The van der Waals surface area contributed by atoms with Crippen molar-refractivity contribution in [2.24, 2.45) is 0 Å². The molecule has 1 aromatic carbocycles. The zero-order valence-corrected chi connectivity index (χ0v) is 10.4. The van der Waals surface area contributed by atoms with E-state index in [1.165, 1.54) is 24.3 Å². The smallest absolute Gasteiger partial charge is 0.263 e. The molecule has 19 heavy (non-hydrogen) atoms. The Hall–Kier alpha value is -2.28. The van der Waals surface area contributed by atoms with Crippen molar-refractivity contribution in [1.29, 1.82) is 0 Å². The highest BCUT2D eigenvalue weighted by molar-refractivity contribution is 7.92. The molecule has 0 unspecified atom stereocenters. The molecule has 0 fully saturated rings. The molecule has 0 atom stereocenters. The number of pyridine rings is 1. The molecule has 0 radical (unpaired) electrons. The fraction of sp³-hybridized carbons (Fsp3) is 0. The maximum absolute atomic E-state index is 12.9. The first-order valence-corrected chi connectivity index (χ1v) is 6.68. The molecule has 2 aromatic rings. The Labute approximate surface area is 109 Å². The number of anilines is 1. The number of nitrogens with one attached hydrogen (secondary N) is 1. The molecule has 0 saturated carbocycles. The maximum atomic E-state index is 12.9. The number of carbonyl (C=O) groups is 1. The van der Waals surface area contributed by atoms with Crippen LogP contribution in [0.25, 0.3) is 0 Å². The highest BCUT2D eigenvalue weighted by Gasteiger charge is 2.15. The first-order chi connectivity index (χ1) is 9.01. The molecule has 1 N–H and O–H groups in total. The highest BCUT2D eigenvalue weighted by atomic mass is 32.2. The maximum Gasteiger partial charge on any atom is 0.263 e. The van der Waals surface area contributed by atoms with Crippen LogP contribution in [0.4, 0.5) is 10.1 Å². The van der Waals surface area contributed by atoms with Crippen molar-refractivity contribution in [2.75, 3.05) is 4.72 Å². The Morgan fingerprint density at radius 2 is 1.84 bits per heavy atom. The lowest BCUT2D eigenvalue weighted by molar-refractivity contribution is 0.112. The van der Waals surface area contributed by atoms with Crippen LogP contribution in [0.1, 0.15) is 10.4 Å². The summed E-state index contributed by atoms with van der Waals surface area (Å²) in [5.74, 6) is -0.737. The molecule has 0 saturated heterocycles. The van der Waals surface area contributed by atoms with Gasteiger partial charge in [-0.2, -0.15) is 0 Å². The number of rotatable bonds is 4. The van der Waals surface area contributed by atoms with Gasteiger partial charge in [-0.3, -0.25) is 14.5 Å². The fourth-order valence-corrected chi connectivity index (χ4v) is 2.41. The topological polar surface area (TPSA) is 76.1 Å². The van der Waals surface area contributed by atoms with Crippen LogP contribution in [0.5, 0.6) is 0 Å². The molecule has 0 aliphatic rings. The molecule has 0 amide bonds. The van der Waals surface area contributed by atoms with Gasteiger partial charge in [-0.05, 0) is 30.3 Å². The molecule has 7 heteroatoms. The van der Waals surface area contributed by atoms with Gasteiger partial charge in [0.15, 0.2) is 0 Å². The predicted octanol–water partition coefficient (Wildman–Crippen LogP) is 1.83. The lowest BCUT2D eigenvalue weighted by Crippen LogP contribution is -2.13. The lowest BCUT2D eigenvalue weighted by atomic mass is 10.2. The van der Waals surface area contributed by atoms with E-state index in [0.717, 1.165) is 18.5 Å². The molecule has 1 heterocycles. The van der Waals surface area contributed by atoms with E-state index in [-0.39, 0.29) is 10.6 Å². The number of aldehydes is 1. The summed E-state index contributed by atoms with van der Waals surface area (Å²) < 4.78 is 39.0. The minimum atomic E-state index is -3.90. The van der Waals surface area contributed by atoms with Gasteiger partial charge >= 0.3 is 0 Å². The van der Waals surface area contributed by atoms with E-state index in [2.05, 4.69) is 9.71 Å². The van der Waals surface area contributed by atoms with Crippen molar-refractivity contribution in [3.8, 4) is 0 Å². The second-order valence-corrected chi connectivity index (χ2v) is 5.37. The second-order valence-electron chi connectivity index (χ2n) is 3.68. The summed E-state index contributed by atoms with van der Waals surface area (Å²) in [6.07, 6.45) is 2.61. The van der Waals surface area contributed by atoms with Crippen molar-refractivity contribution in [1.82, 2.24) is 4.98 Å². The van der Waals surface area contributed by atoms with Gasteiger partial charge < -0.3 is 0 Å². The molecule has 0 spiro atoms. The number of hydrogen-bond donors (Lipinski definition) is 1. The molecule has 1 aromatic heterocycles. The van der Waals surface area contributed by atoms with Gasteiger partial charge in [-0.25, -0.2) is 12.8 Å². The molecule has 0 aliphatic heterocycles. The van der Waals surface area contributed by atoms with Crippen molar-refractivity contribution in [3.05, 3.63) is 54.1 Å². The molecule has 2 rings (SSSR count). The standard InChI is InChI=1S/C12H9FN2O3S/c13-10-5-12(7-14-6-10)19(17,18)15-11-3-1-9(8-16)2-4-11/h1-8,15H. The number of sulfonamides is 1. The van der Waals surface area contributed by atoms with Crippen molar-refractivity contribution < 1.29 is 17.6 Å². The number of carbonyl (C=O) groups excluding carboxylic acids is 1. The SMILES string of the molecule is O=Cc1ccc(NS(=O)(=O)c2cncc(F)c2)cc1. The van der Waals surface area contributed by atoms with Crippen molar-refractivity contribution in [2.45, 2.75) is 4.90 Å². The second kappa shape index (κ2) is 5.15. The molecular weight excluding hydrogens is 271 g/mol. The average Bonchev–Trinajstić information content (AvgIpc) is 2.39. The van der Waals surface area contributed by atoms with E-state index in [0.29, 0.717) is 11.8 Å². The summed E-state index contributed by atoms with van der Waals surface area (Å²) in [5.41, 5.74) is 0.699. The van der Waals surface area contributed by atoms with Gasteiger partial charge in [0, 0.05) is 17.4 Å². The van der Waals surface area contributed by atoms with E-state index in [4.69, 9.17) is 0 Å². The number of halogens is 1. The Kier molecular flexibility index (Phi) is 3.57. The fourth-order valence-electron chi connectivity index (χ4n) is 1.38. The zero-order chi connectivity index (χ0) is 13.9. The summed E-state index contributed by atoms with van der Waals surface area (Å²) >= 11 is 0. The molecular formula is C12H9FN2O3S. The molecule has 0 aliphatic carbocycles. The quantitative estimate of drug-likeness (QED) is 0.867. The first-order valence-electron chi connectivity index (χ1n) is 5.20. The Balaban J connectivity index is 2.28. The predicted molar refractivity (Wildman–Crippen MR) is 66.8 cm³/mol. The summed E-state index contributed by atoms with van der Waals surface area (Å²) in [7, 11) is -3.90. The van der Waals surface area contributed by atoms with Gasteiger partial charge in [-0.15, -0.1) is 0 Å². The number of aromatic nitrogens is 1. The molecule has 5 nitrogen and oxygen atoms in total. The minimum absolute atomic E-state index is 0.271. The summed E-state index contributed by atoms with van der Waals surface area (Å²) in [6.45, 7) is 0. The average molecular weight is 280 g/mol. The van der Waals surface area contributed by atoms with Crippen molar-refractivity contribution in [3.63, 3.8) is 0 Å². The van der Waals surface area contributed by atoms with Crippen LogP contribution in [0.2, 0.25) is 0 Å². The van der Waals surface area contributed by atoms with Gasteiger partial charge in [0.25, 0.3) is 10.0 Å². The van der Waals surface area contributed by atoms with Gasteiger partial charge in [0.1, 0.15) is 17.0 Å². The van der Waals surface area contributed by atoms with Crippen LogP contribution in [0.15, 0.2) is 47.6 Å². The minimum Gasteiger partial charge on any atom is -0.298 e. The monoisotopic (exact) mass is 280 g/mol. The van der Waals surface area contributed by atoms with E-state index < -0.39 is 15.8 Å². The van der Waals surface area contributed by atoms with Crippen LogP contribution < -0.4 is 4.72 Å². The van der Waals surface area contributed by atoms with Gasteiger partial charge in [0.2, 0.25) is 0 Å². The Bertz CT molecular complexity index is 699. The van der Waals surface area contributed by atoms with Crippen LogP contribution >= 0.6 is 0 Å². The number of nitrogens with zero attached hydrogens (tertiary/aromatic N) is 1. The zero-order valence-electron chi connectivity index (χ0n) is 9.58. The van der Waals surface area contributed by atoms with E-state index in [1.54, 1.807) is 0 Å². The largest absolute Gasteiger partial charge is 0.298 e. The van der Waals surface area contributed by atoms with Crippen LogP contribution in [0, 0.1) is 5.82 Å². The van der Waals surface area contributed by atoms with Gasteiger partial charge in [0.05, 0.1) is 6.20 Å². The third-order valence-electron chi connectivity index (χ3n) is 2.29. The highest BCUT2D eigenvalue weighted by Crippen LogP contribution is 2.16. The molecule has 0 bridgehead atoms. The van der Waals surface area contributed by atoms with Gasteiger partial charge in [-0.1, -0.05) is 0 Å². The third-order valence-corrected chi connectivity index (χ3v) is 3.64. The van der Waals surface area contributed by atoms with Crippen LogP contribution in [0.3, 0.4) is 0 Å². The van der Waals surface area contributed by atoms with Crippen molar-refractivity contribution >= 4 is 22.0 Å². The van der Waals surface area contributed by atoms with E-state index in [1.807, 2.05) is 0 Å².